The van der Waals surface area contributed by atoms with Crippen molar-refractivity contribution in [2.24, 2.45) is 0 Å². The Balaban J connectivity index is 0.000000593. The van der Waals surface area contributed by atoms with E-state index in [-0.39, 0.29) is 6.04 Å². The molecule has 0 amide bonds. The van der Waals surface area contributed by atoms with E-state index in [1.807, 2.05) is 11.0 Å². The average Bonchev–Trinajstić information content (AvgIpc) is 3.06. The van der Waals surface area contributed by atoms with Crippen molar-refractivity contribution in [3.63, 3.8) is 0 Å². The van der Waals surface area contributed by atoms with Crippen LogP contribution in [0.4, 0.5) is 5.82 Å². The smallest absolute Gasteiger partial charge is 0.333 e. The molecule has 0 radical (unpaired) electrons. The second-order valence-corrected chi connectivity index (χ2v) is 5.70. The number of rotatable bonds is 6. The molecule has 2 atom stereocenters. The van der Waals surface area contributed by atoms with Gasteiger partial charge in [0.2, 0.25) is 9.03 Å². The molecule has 1 saturated heterocycles. The summed E-state index contributed by atoms with van der Waals surface area (Å²) >= 11 is 4.16. The summed E-state index contributed by atoms with van der Waals surface area (Å²) < 4.78 is 4.70. The molecule has 6 nitrogen and oxygen atoms in total. The molecular weight excluding hydrogens is 333 g/mol. The van der Waals surface area contributed by atoms with Crippen LogP contribution in [0.1, 0.15) is 32.0 Å². The maximum Gasteiger partial charge on any atom is 0.333 e. The Labute approximate surface area is 144 Å². The predicted molar refractivity (Wildman–Crippen MR) is 97.1 cm³/mol. The van der Waals surface area contributed by atoms with Gasteiger partial charge in [-0.1, -0.05) is 13.0 Å². The molecule has 0 aromatic carbocycles. The van der Waals surface area contributed by atoms with Crippen LogP contribution in [0.15, 0.2) is 24.9 Å². The van der Waals surface area contributed by atoms with Crippen molar-refractivity contribution in [1.82, 2.24) is 9.97 Å². The van der Waals surface area contributed by atoms with Gasteiger partial charge in [-0.05, 0) is 31.1 Å². The van der Waals surface area contributed by atoms with Crippen molar-refractivity contribution in [3.8, 4) is 0 Å². The van der Waals surface area contributed by atoms with Crippen LogP contribution in [-0.4, -0.2) is 39.2 Å². The molecule has 128 valence electrons. The third kappa shape index (κ3) is 6.45. The number of carbonyl (C=O) groups excluding carboxylic acids is 1. The van der Waals surface area contributed by atoms with Gasteiger partial charge in [0.25, 0.3) is 0 Å². The summed E-state index contributed by atoms with van der Waals surface area (Å²) in [5.41, 5.74) is 0. The van der Waals surface area contributed by atoms with Gasteiger partial charge in [-0.15, -0.1) is 6.58 Å². The Morgan fingerprint density at radius 1 is 1.70 bits per heavy atom. The first-order chi connectivity index (χ1) is 11.2. The van der Waals surface area contributed by atoms with E-state index >= 15 is 0 Å². The van der Waals surface area contributed by atoms with Crippen LogP contribution in [0.25, 0.3) is 0 Å². The number of carbonyl (C=O) groups is 1. The first kappa shape index (κ1) is 19.9. The summed E-state index contributed by atoms with van der Waals surface area (Å²) in [6.45, 7) is 6.30. The summed E-state index contributed by atoms with van der Waals surface area (Å²) in [4.78, 5) is 31.0. The van der Waals surface area contributed by atoms with E-state index in [0.717, 1.165) is 37.4 Å². The van der Waals surface area contributed by atoms with Gasteiger partial charge >= 0.3 is 5.97 Å². The van der Waals surface area contributed by atoms with E-state index in [4.69, 9.17) is 9.42 Å². The minimum absolute atomic E-state index is 0.363. The Morgan fingerprint density at radius 2 is 2.43 bits per heavy atom. The number of aryl methyl sites for hydroxylation is 1. The molecule has 23 heavy (non-hydrogen) atoms. The fourth-order valence-corrected chi connectivity index (χ4v) is 2.59. The van der Waals surface area contributed by atoms with Crippen molar-refractivity contribution in [2.45, 2.75) is 38.6 Å². The fourth-order valence-electron chi connectivity index (χ4n) is 2.17. The molecule has 2 rings (SSSR count). The maximum absolute atomic E-state index is 11.8. The van der Waals surface area contributed by atoms with Crippen molar-refractivity contribution >= 4 is 33.5 Å². The lowest BCUT2D eigenvalue weighted by Crippen LogP contribution is -2.37. The van der Waals surface area contributed by atoms with Crippen LogP contribution in [0.2, 0.25) is 0 Å². The number of nitrogens with zero attached hydrogens (tertiary/aromatic N) is 3. The maximum atomic E-state index is 11.8. The predicted octanol–water partition coefficient (Wildman–Crippen LogP) is 2.54. The second-order valence-electron chi connectivity index (χ2n) is 4.87. The highest BCUT2D eigenvalue weighted by atomic mass is 32.1. The highest BCUT2D eigenvalue weighted by Gasteiger charge is 2.33. The SMILES string of the molecule is C=CCC.O=C(OPO)C1CCCN1c1ccnc(CCS)n1. The van der Waals surface area contributed by atoms with Gasteiger partial charge < -0.3 is 14.3 Å². The fraction of sp³-hybridized carbons (Fsp3) is 0.533. The lowest BCUT2D eigenvalue weighted by Gasteiger charge is -2.23. The van der Waals surface area contributed by atoms with Crippen LogP contribution in [0, 0.1) is 0 Å². The second kappa shape index (κ2) is 11.4. The molecule has 2 unspecified atom stereocenters. The van der Waals surface area contributed by atoms with Crippen molar-refractivity contribution in [3.05, 3.63) is 30.7 Å². The summed E-state index contributed by atoms with van der Waals surface area (Å²) in [6.07, 6.45) is 6.96. The Hall–Kier alpha value is -1.17. The molecule has 0 bridgehead atoms. The summed E-state index contributed by atoms with van der Waals surface area (Å²) in [7, 11) is -0.809. The van der Waals surface area contributed by atoms with E-state index < -0.39 is 15.0 Å². The van der Waals surface area contributed by atoms with Gasteiger partial charge in [0, 0.05) is 19.2 Å². The van der Waals surface area contributed by atoms with Crippen LogP contribution >= 0.6 is 21.7 Å². The highest BCUT2D eigenvalue weighted by Crippen LogP contribution is 2.26. The van der Waals surface area contributed by atoms with Crippen LogP contribution < -0.4 is 4.90 Å². The normalized spacial score (nSPS) is 17.0. The first-order valence-electron chi connectivity index (χ1n) is 7.58. The Bertz CT molecular complexity index is 505. The molecule has 1 N–H and O–H groups in total. The molecule has 1 aromatic rings. The van der Waals surface area contributed by atoms with Crippen LogP contribution in [0.5, 0.6) is 0 Å². The number of thiol groups is 1. The molecular formula is C15H24N3O3PS. The average molecular weight is 357 g/mol. The molecule has 1 fully saturated rings. The molecule has 0 saturated carbocycles. The van der Waals surface area contributed by atoms with Gasteiger partial charge in [0.15, 0.2) is 0 Å². The van der Waals surface area contributed by atoms with Crippen molar-refractivity contribution in [2.75, 3.05) is 17.2 Å². The molecule has 1 aliphatic rings. The number of hydrogen-bond acceptors (Lipinski definition) is 7. The van der Waals surface area contributed by atoms with Crippen molar-refractivity contribution < 1.29 is 14.2 Å². The Kier molecular flexibility index (Phi) is 9.83. The lowest BCUT2D eigenvalue weighted by molar-refractivity contribution is -0.135. The van der Waals surface area contributed by atoms with Crippen LogP contribution in [-0.2, 0) is 15.7 Å². The topological polar surface area (TPSA) is 75.6 Å². The summed E-state index contributed by atoms with van der Waals surface area (Å²) in [6, 6.07) is 1.42. The number of anilines is 1. The summed E-state index contributed by atoms with van der Waals surface area (Å²) in [5, 5.41) is 0. The van der Waals surface area contributed by atoms with E-state index in [2.05, 4.69) is 36.1 Å². The Morgan fingerprint density at radius 3 is 3.04 bits per heavy atom. The van der Waals surface area contributed by atoms with Gasteiger partial charge in [-0.25, -0.2) is 14.8 Å². The third-order valence-corrected chi connectivity index (χ3v) is 3.80. The zero-order valence-corrected chi connectivity index (χ0v) is 15.2. The molecule has 1 aliphatic heterocycles. The van der Waals surface area contributed by atoms with Gasteiger partial charge in [0.05, 0.1) is 0 Å². The summed E-state index contributed by atoms with van der Waals surface area (Å²) in [5.74, 6) is 1.73. The van der Waals surface area contributed by atoms with Gasteiger partial charge in [-0.3, -0.25) is 0 Å². The molecule has 8 heteroatoms. The number of hydrogen-bond donors (Lipinski definition) is 2. The van der Waals surface area contributed by atoms with E-state index in [0.29, 0.717) is 12.2 Å². The minimum Gasteiger partial charge on any atom is -0.418 e. The van der Waals surface area contributed by atoms with Crippen molar-refractivity contribution in [1.29, 1.82) is 0 Å². The largest absolute Gasteiger partial charge is 0.418 e. The van der Waals surface area contributed by atoms with E-state index in [1.165, 1.54) is 0 Å². The third-order valence-electron chi connectivity index (χ3n) is 3.28. The first-order valence-corrected chi connectivity index (χ1v) is 9.06. The lowest BCUT2D eigenvalue weighted by atomic mass is 10.2. The van der Waals surface area contributed by atoms with Gasteiger partial charge in [-0.2, -0.15) is 12.6 Å². The zero-order chi connectivity index (χ0) is 17.1. The quantitative estimate of drug-likeness (QED) is 0.463. The molecule has 0 aliphatic carbocycles. The highest BCUT2D eigenvalue weighted by molar-refractivity contribution is 7.80. The van der Waals surface area contributed by atoms with Gasteiger partial charge in [0.1, 0.15) is 17.7 Å². The molecule has 2 heterocycles. The number of allylic oxidation sites excluding steroid dienone is 1. The number of aromatic nitrogens is 2. The van der Waals surface area contributed by atoms with E-state index in [9.17, 15) is 4.79 Å². The molecule has 0 spiro atoms. The van der Waals surface area contributed by atoms with Crippen LogP contribution in [0.3, 0.4) is 0 Å². The van der Waals surface area contributed by atoms with E-state index in [1.54, 1.807) is 12.3 Å². The minimum atomic E-state index is -0.809. The standard InChI is InChI=1S/C11H16N3O3PS.C4H8/c15-11(17-18-16)8-2-1-6-14(8)10-3-5-12-9(13-10)4-7-19;1-3-4-2/h3,5,8,16,18-19H,1-2,4,6-7H2;3H,1,4H2,2H3. The molecule has 1 aromatic heterocycles. The monoisotopic (exact) mass is 357 g/mol. The zero-order valence-electron chi connectivity index (χ0n) is 13.3.